The van der Waals surface area contributed by atoms with Crippen molar-refractivity contribution in [3.63, 3.8) is 0 Å². The fraction of sp³-hybridized carbons (Fsp3) is 0.400. The number of nitrogens with one attached hydrogen (secondary N) is 1. The molecule has 3 rings (SSSR count). The van der Waals surface area contributed by atoms with Crippen LogP contribution in [0.2, 0.25) is 0 Å². The molecule has 1 atom stereocenters. The zero-order valence-electron chi connectivity index (χ0n) is 12.7. The normalized spacial score (nSPS) is 12.9. The zero-order valence-corrected chi connectivity index (χ0v) is 13.6. The van der Waals surface area contributed by atoms with Crippen LogP contribution in [0, 0.1) is 5.92 Å². The number of thiazole rings is 1. The van der Waals surface area contributed by atoms with Gasteiger partial charge in [0, 0.05) is 23.8 Å². The van der Waals surface area contributed by atoms with Gasteiger partial charge in [-0.3, -0.25) is 9.20 Å². The third kappa shape index (κ3) is 3.04. The third-order valence-corrected chi connectivity index (χ3v) is 4.07. The number of hydrogen-bond donors (Lipinski definition) is 1. The molecule has 116 valence electrons. The summed E-state index contributed by atoms with van der Waals surface area (Å²) in [5, 5.41) is 8.79. The molecule has 0 saturated heterocycles. The summed E-state index contributed by atoms with van der Waals surface area (Å²) < 4.78 is 7.06. The van der Waals surface area contributed by atoms with Crippen LogP contribution in [0.5, 0.6) is 0 Å². The summed E-state index contributed by atoms with van der Waals surface area (Å²) in [6.07, 6.45) is 4.66. The number of hydrogen-bond acceptors (Lipinski definition) is 5. The average molecular weight is 318 g/mol. The number of nitrogens with zero attached hydrogens (tertiary/aromatic N) is 3. The first-order valence-corrected chi connectivity index (χ1v) is 8.09. The van der Waals surface area contributed by atoms with Gasteiger partial charge in [0.1, 0.15) is 0 Å². The molecule has 0 radical (unpaired) electrons. The number of fused-ring (bicyclic) bond motifs is 1. The van der Waals surface area contributed by atoms with E-state index < -0.39 is 0 Å². The summed E-state index contributed by atoms with van der Waals surface area (Å²) >= 11 is 1.56. The lowest BCUT2D eigenvalue weighted by atomic mass is 10.1. The highest BCUT2D eigenvalue weighted by Gasteiger charge is 2.18. The number of carbonyl (C=O) groups excluding carboxylic acids is 1. The zero-order chi connectivity index (χ0) is 15.7. The molecule has 0 fully saturated rings. The fourth-order valence-electron chi connectivity index (χ4n) is 2.23. The summed E-state index contributed by atoms with van der Waals surface area (Å²) in [5.41, 5.74) is 1.62. The van der Waals surface area contributed by atoms with Gasteiger partial charge >= 0.3 is 0 Å². The van der Waals surface area contributed by atoms with E-state index in [1.807, 2.05) is 29.1 Å². The second-order valence-electron chi connectivity index (χ2n) is 5.73. The van der Waals surface area contributed by atoms with Crippen molar-refractivity contribution in [2.45, 2.75) is 33.2 Å². The van der Waals surface area contributed by atoms with Gasteiger partial charge in [0.25, 0.3) is 5.91 Å². The van der Waals surface area contributed by atoms with Crippen molar-refractivity contribution in [1.29, 1.82) is 0 Å². The lowest BCUT2D eigenvalue weighted by molar-refractivity contribution is 0.0902. The van der Waals surface area contributed by atoms with Crippen LogP contribution < -0.4 is 5.32 Å². The highest BCUT2D eigenvalue weighted by Crippen LogP contribution is 2.17. The minimum absolute atomic E-state index is 0.196. The van der Waals surface area contributed by atoms with Crippen LogP contribution in [-0.2, 0) is 6.42 Å². The smallest absolute Gasteiger partial charge is 0.290 e. The summed E-state index contributed by atoms with van der Waals surface area (Å²) in [6, 6.07) is 1.51. The third-order valence-electron chi connectivity index (χ3n) is 3.30. The van der Waals surface area contributed by atoms with Gasteiger partial charge < -0.3 is 9.84 Å². The summed E-state index contributed by atoms with van der Waals surface area (Å²) in [4.78, 5) is 17.6. The van der Waals surface area contributed by atoms with E-state index in [4.69, 9.17) is 4.52 Å². The maximum atomic E-state index is 12.2. The van der Waals surface area contributed by atoms with E-state index in [1.54, 1.807) is 17.4 Å². The first-order valence-electron chi connectivity index (χ1n) is 7.21. The second kappa shape index (κ2) is 5.92. The molecule has 0 aliphatic rings. The van der Waals surface area contributed by atoms with Crippen molar-refractivity contribution in [1.82, 2.24) is 19.9 Å². The number of rotatable bonds is 5. The van der Waals surface area contributed by atoms with E-state index >= 15 is 0 Å². The Morgan fingerprint density at radius 3 is 3.00 bits per heavy atom. The van der Waals surface area contributed by atoms with Gasteiger partial charge in [0.15, 0.2) is 4.96 Å². The highest BCUT2D eigenvalue weighted by atomic mass is 32.1. The molecule has 3 aromatic rings. The Kier molecular flexibility index (Phi) is 3.98. The molecule has 22 heavy (non-hydrogen) atoms. The minimum Gasteiger partial charge on any atom is -0.351 e. The van der Waals surface area contributed by atoms with E-state index in [2.05, 4.69) is 29.3 Å². The molecule has 3 aromatic heterocycles. The van der Waals surface area contributed by atoms with Gasteiger partial charge in [0.2, 0.25) is 5.76 Å². The summed E-state index contributed by atoms with van der Waals surface area (Å²) in [7, 11) is 0. The maximum absolute atomic E-state index is 12.2. The Balaban J connectivity index is 1.67. The molecule has 1 N–H and O–H groups in total. The molecule has 1 unspecified atom stereocenters. The molecular weight excluding hydrogens is 300 g/mol. The quantitative estimate of drug-likeness (QED) is 0.784. The predicted octanol–water partition coefficient (Wildman–Crippen LogP) is 3.07. The molecule has 0 aliphatic heterocycles. The van der Waals surface area contributed by atoms with Crippen LogP contribution in [0.3, 0.4) is 0 Å². The first kappa shape index (κ1) is 14.8. The van der Waals surface area contributed by atoms with Gasteiger partial charge in [-0.15, -0.1) is 11.3 Å². The molecule has 3 heterocycles. The average Bonchev–Trinajstić information content (AvgIpc) is 3.11. The van der Waals surface area contributed by atoms with Crippen LogP contribution >= 0.6 is 11.3 Å². The van der Waals surface area contributed by atoms with Crippen molar-refractivity contribution >= 4 is 22.2 Å². The Morgan fingerprint density at radius 2 is 2.27 bits per heavy atom. The number of carbonyl (C=O) groups is 1. The summed E-state index contributed by atoms with van der Waals surface area (Å²) in [6.45, 7) is 6.09. The topological polar surface area (TPSA) is 72.4 Å². The lowest BCUT2D eigenvalue weighted by Crippen LogP contribution is -2.26. The van der Waals surface area contributed by atoms with Crippen molar-refractivity contribution < 1.29 is 9.32 Å². The minimum atomic E-state index is -0.272. The molecule has 6 nitrogen and oxygen atoms in total. The van der Waals surface area contributed by atoms with Crippen LogP contribution in [0.1, 0.15) is 48.8 Å². The molecule has 0 saturated carbocycles. The van der Waals surface area contributed by atoms with Crippen molar-refractivity contribution in [2.75, 3.05) is 0 Å². The summed E-state index contributed by atoms with van der Waals surface area (Å²) in [5.74, 6) is 0.438. The Morgan fingerprint density at radius 1 is 1.45 bits per heavy atom. The van der Waals surface area contributed by atoms with E-state index in [-0.39, 0.29) is 17.7 Å². The van der Waals surface area contributed by atoms with Gasteiger partial charge in [0.05, 0.1) is 17.4 Å². The van der Waals surface area contributed by atoms with E-state index in [0.717, 1.165) is 22.8 Å². The van der Waals surface area contributed by atoms with Gasteiger partial charge in [-0.25, -0.2) is 4.98 Å². The van der Waals surface area contributed by atoms with Crippen molar-refractivity contribution in [2.24, 2.45) is 5.92 Å². The van der Waals surface area contributed by atoms with Crippen LogP contribution in [0.25, 0.3) is 4.96 Å². The monoisotopic (exact) mass is 318 g/mol. The standard InChI is InChI=1S/C15H18N4O2S/c1-9(2)6-11-7-13(21-18-11)14(20)16-10(3)12-8-19-4-5-22-15(19)17-12/h4-5,7-10H,6H2,1-3H3,(H,16,20). The van der Waals surface area contributed by atoms with Gasteiger partial charge in [-0.2, -0.15) is 0 Å². The first-order chi connectivity index (χ1) is 10.5. The molecule has 0 spiro atoms. The van der Waals surface area contributed by atoms with Crippen LogP contribution in [-0.4, -0.2) is 20.4 Å². The molecule has 1 amide bonds. The van der Waals surface area contributed by atoms with Crippen LogP contribution in [0.4, 0.5) is 0 Å². The Labute approximate surface area is 132 Å². The largest absolute Gasteiger partial charge is 0.351 e. The van der Waals surface area contributed by atoms with Crippen molar-refractivity contribution in [3.8, 4) is 0 Å². The van der Waals surface area contributed by atoms with E-state index in [1.165, 1.54) is 0 Å². The molecule has 0 aromatic carbocycles. The van der Waals surface area contributed by atoms with E-state index in [0.29, 0.717) is 5.92 Å². The fourth-order valence-corrected chi connectivity index (χ4v) is 2.94. The predicted molar refractivity (Wildman–Crippen MR) is 84.0 cm³/mol. The van der Waals surface area contributed by atoms with Gasteiger partial charge in [-0.05, 0) is 19.3 Å². The molecule has 7 heteroatoms. The van der Waals surface area contributed by atoms with Gasteiger partial charge in [-0.1, -0.05) is 19.0 Å². The van der Waals surface area contributed by atoms with Crippen LogP contribution in [0.15, 0.2) is 28.4 Å². The number of imidazole rings is 1. The molecular formula is C15H18N4O2S. The second-order valence-corrected chi connectivity index (χ2v) is 6.61. The SMILES string of the molecule is CC(C)Cc1cc(C(=O)NC(C)c2cn3ccsc3n2)on1. The Bertz CT molecular complexity index is 758. The van der Waals surface area contributed by atoms with E-state index in [9.17, 15) is 4.79 Å². The van der Waals surface area contributed by atoms with Crippen molar-refractivity contribution in [3.05, 3.63) is 41.0 Å². The lowest BCUT2D eigenvalue weighted by Gasteiger charge is -2.09. The maximum Gasteiger partial charge on any atom is 0.290 e. The highest BCUT2D eigenvalue weighted by molar-refractivity contribution is 7.15. The number of amides is 1. The number of aromatic nitrogens is 3. The Hall–Kier alpha value is -2.15. The molecule has 0 aliphatic carbocycles. The molecule has 0 bridgehead atoms.